The van der Waals surface area contributed by atoms with E-state index in [0.717, 1.165) is 43.3 Å². The molecule has 0 aliphatic carbocycles. The Kier molecular flexibility index (Phi) is 5.40. The van der Waals surface area contributed by atoms with Gasteiger partial charge in [0, 0.05) is 38.6 Å². The highest BCUT2D eigenvalue weighted by Crippen LogP contribution is 2.19. The molecule has 0 spiro atoms. The Hall–Kier alpha value is -1.73. The Balaban J connectivity index is 1.51. The summed E-state index contributed by atoms with van der Waals surface area (Å²) in [5, 5.41) is 9.82. The second kappa shape index (κ2) is 7.70. The van der Waals surface area contributed by atoms with Gasteiger partial charge in [-0.3, -0.25) is 4.90 Å². The largest absolute Gasteiger partial charge is 0.381 e. The van der Waals surface area contributed by atoms with Crippen LogP contribution >= 0.6 is 11.5 Å². The molecule has 2 aromatic rings. The Morgan fingerprint density at radius 2 is 2.22 bits per heavy atom. The number of aromatic nitrogens is 3. The van der Waals surface area contributed by atoms with Crippen molar-refractivity contribution >= 4 is 23.0 Å². The van der Waals surface area contributed by atoms with Crippen LogP contribution in [-0.4, -0.2) is 52.7 Å². The minimum Gasteiger partial charge on any atom is -0.381 e. The summed E-state index contributed by atoms with van der Waals surface area (Å²) in [6.07, 6.45) is 5.48. The van der Waals surface area contributed by atoms with Crippen molar-refractivity contribution in [2.75, 3.05) is 37.4 Å². The first-order valence-corrected chi connectivity index (χ1v) is 8.92. The monoisotopic (exact) mass is 332 g/mol. The molecule has 23 heavy (non-hydrogen) atoms. The second-order valence-corrected chi connectivity index (χ2v) is 6.85. The summed E-state index contributed by atoms with van der Waals surface area (Å²) >= 11 is 1.43. The van der Waals surface area contributed by atoms with E-state index in [1.165, 1.54) is 24.4 Å². The molecule has 1 aliphatic heterocycles. The number of rotatable bonds is 5. The van der Waals surface area contributed by atoms with Gasteiger partial charge >= 0.3 is 0 Å². The average molecular weight is 332 g/mol. The van der Waals surface area contributed by atoms with Crippen LogP contribution in [-0.2, 0) is 6.54 Å². The van der Waals surface area contributed by atoms with E-state index in [0.29, 0.717) is 6.04 Å². The molecular formula is C16H24N6S. The van der Waals surface area contributed by atoms with Gasteiger partial charge in [-0.1, -0.05) is 4.49 Å². The minimum absolute atomic E-state index is 0.514. The maximum atomic E-state index is 4.47. The molecule has 1 aliphatic rings. The van der Waals surface area contributed by atoms with Crippen molar-refractivity contribution < 1.29 is 0 Å². The van der Waals surface area contributed by atoms with Gasteiger partial charge in [0.2, 0.25) is 0 Å². The van der Waals surface area contributed by atoms with Crippen LogP contribution in [0.25, 0.3) is 0 Å². The van der Waals surface area contributed by atoms with Crippen molar-refractivity contribution in [1.29, 1.82) is 0 Å². The van der Waals surface area contributed by atoms with Gasteiger partial charge in [-0.15, -0.1) is 5.10 Å². The van der Waals surface area contributed by atoms with Crippen molar-refractivity contribution in [1.82, 2.24) is 19.5 Å². The summed E-state index contributed by atoms with van der Waals surface area (Å²) in [7, 11) is 4.01. The third-order valence-electron chi connectivity index (χ3n) is 4.19. The van der Waals surface area contributed by atoms with E-state index >= 15 is 0 Å². The van der Waals surface area contributed by atoms with Crippen LogP contribution in [0.4, 0.5) is 11.5 Å². The number of nitrogens with one attached hydrogen (secondary N) is 1. The van der Waals surface area contributed by atoms with Crippen molar-refractivity contribution in [2.24, 2.45) is 0 Å². The quantitative estimate of drug-likeness (QED) is 0.908. The number of anilines is 2. The zero-order valence-electron chi connectivity index (χ0n) is 13.8. The lowest BCUT2D eigenvalue weighted by Crippen LogP contribution is -2.26. The second-order valence-electron chi connectivity index (χ2n) is 6.24. The Morgan fingerprint density at radius 3 is 2.91 bits per heavy atom. The Labute approximate surface area is 141 Å². The van der Waals surface area contributed by atoms with Crippen LogP contribution in [0.3, 0.4) is 0 Å². The molecule has 0 saturated carbocycles. The smallest absolute Gasteiger partial charge is 0.128 e. The highest BCUT2D eigenvalue weighted by Gasteiger charge is 2.17. The molecule has 0 bridgehead atoms. The summed E-state index contributed by atoms with van der Waals surface area (Å²) in [5.74, 6) is 0.986. The zero-order valence-corrected chi connectivity index (χ0v) is 14.6. The van der Waals surface area contributed by atoms with Crippen LogP contribution in [0.2, 0.25) is 0 Å². The van der Waals surface area contributed by atoms with E-state index < -0.39 is 0 Å². The highest BCUT2D eigenvalue weighted by molar-refractivity contribution is 7.03. The fraction of sp³-hybridized carbons (Fsp3) is 0.562. The normalized spacial score (nSPS) is 19.3. The van der Waals surface area contributed by atoms with Crippen LogP contribution < -0.4 is 10.2 Å². The number of likely N-dealkylation sites (tertiary alicyclic amines) is 1. The van der Waals surface area contributed by atoms with Gasteiger partial charge in [-0.2, -0.15) is 0 Å². The zero-order chi connectivity index (χ0) is 16.1. The third kappa shape index (κ3) is 4.62. The lowest BCUT2D eigenvalue weighted by molar-refractivity contribution is 0.273. The molecule has 1 unspecified atom stereocenters. The summed E-state index contributed by atoms with van der Waals surface area (Å²) in [5.41, 5.74) is 2.20. The highest BCUT2D eigenvalue weighted by atomic mass is 32.1. The van der Waals surface area contributed by atoms with E-state index in [1.54, 1.807) is 0 Å². The molecule has 1 fully saturated rings. The van der Waals surface area contributed by atoms with E-state index in [9.17, 15) is 0 Å². The number of hydrogen-bond donors (Lipinski definition) is 1. The predicted molar refractivity (Wildman–Crippen MR) is 95.0 cm³/mol. The van der Waals surface area contributed by atoms with Gasteiger partial charge in [0.1, 0.15) is 5.82 Å². The lowest BCUT2D eigenvalue weighted by atomic mass is 10.1. The van der Waals surface area contributed by atoms with E-state index in [1.807, 2.05) is 30.6 Å². The maximum absolute atomic E-state index is 4.47. The van der Waals surface area contributed by atoms with Crippen molar-refractivity contribution in [3.63, 3.8) is 0 Å². The molecule has 0 radical (unpaired) electrons. The molecule has 3 heterocycles. The number of nitrogens with zero attached hydrogens (tertiary/aromatic N) is 5. The minimum atomic E-state index is 0.514. The molecule has 6 nitrogen and oxygen atoms in total. The Bertz CT molecular complexity index is 583. The lowest BCUT2D eigenvalue weighted by Gasteiger charge is -2.20. The summed E-state index contributed by atoms with van der Waals surface area (Å²) in [6, 6.07) is 4.69. The van der Waals surface area contributed by atoms with E-state index in [4.69, 9.17) is 0 Å². The van der Waals surface area contributed by atoms with Gasteiger partial charge in [0.15, 0.2) is 0 Å². The van der Waals surface area contributed by atoms with Gasteiger partial charge in [0.25, 0.3) is 0 Å². The van der Waals surface area contributed by atoms with Gasteiger partial charge in [0.05, 0.1) is 17.6 Å². The van der Waals surface area contributed by atoms with Crippen molar-refractivity contribution in [3.05, 3.63) is 29.4 Å². The average Bonchev–Trinajstić information content (AvgIpc) is 2.96. The first-order valence-electron chi connectivity index (χ1n) is 8.09. The van der Waals surface area contributed by atoms with Crippen LogP contribution in [0, 0.1) is 0 Å². The van der Waals surface area contributed by atoms with Crippen LogP contribution in [0.15, 0.2) is 23.7 Å². The first-order chi connectivity index (χ1) is 11.2. The van der Waals surface area contributed by atoms with Gasteiger partial charge < -0.3 is 10.2 Å². The molecule has 7 heteroatoms. The summed E-state index contributed by atoms with van der Waals surface area (Å²) < 4.78 is 3.94. The summed E-state index contributed by atoms with van der Waals surface area (Å²) in [6.45, 7) is 3.15. The molecule has 0 aromatic carbocycles. The topological polar surface area (TPSA) is 57.2 Å². The SMILES string of the molecule is CN(C)c1ccc(NC2CCCN(Cc3csnn3)CC2)cn1. The fourth-order valence-corrected chi connectivity index (χ4v) is 3.35. The van der Waals surface area contributed by atoms with Gasteiger partial charge in [-0.05, 0) is 49.5 Å². The van der Waals surface area contributed by atoms with E-state index in [2.05, 4.69) is 36.9 Å². The third-order valence-corrected chi connectivity index (χ3v) is 4.74. The standard InChI is InChI=1S/C16H24N6S/c1-21(2)16-6-5-14(10-17-16)18-13-4-3-8-22(9-7-13)11-15-12-23-20-19-15/h5-6,10,12-13,18H,3-4,7-9,11H2,1-2H3. The maximum Gasteiger partial charge on any atom is 0.128 e. The number of hydrogen-bond acceptors (Lipinski definition) is 7. The molecule has 2 aromatic heterocycles. The van der Waals surface area contributed by atoms with Crippen molar-refractivity contribution in [3.8, 4) is 0 Å². The van der Waals surface area contributed by atoms with Crippen molar-refractivity contribution in [2.45, 2.75) is 31.8 Å². The van der Waals surface area contributed by atoms with E-state index in [-0.39, 0.29) is 0 Å². The molecule has 1 N–H and O–H groups in total. The van der Waals surface area contributed by atoms with Crippen LogP contribution in [0.5, 0.6) is 0 Å². The molecule has 1 atom stereocenters. The predicted octanol–water partition coefficient (Wildman–Crippen LogP) is 2.47. The molecule has 1 saturated heterocycles. The molecule has 3 rings (SSSR count). The summed E-state index contributed by atoms with van der Waals surface area (Å²) in [4.78, 5) is 8.96. The van der Waals surface area contributed by atoms with Gasteiger partial charge in [-0.25, -0.2) is 4.98 Å². The number of pyridine rings is 1. The molecule has 0 amide bonds. The molecular weight excluding hydrogens is 308 g/mol. The molecule has 124 valence electrons. The van der Waals surface area contributed by atoms with Crippen LogP contribution in [0.1, 0.15) is 25.0 Å². The Morgan fingerprint density at radius 1 is 1.30 bits per heavy atom. The first kappa shape index (κ1) is 16.1. The fourth-order valence-electron chi connectivity index (χ4n) is 2.91.